The predicted octanol–water partition coefficient (Wildman–Crippen LogP) is 3.16. The van der Waals surface area contributed by atoms with Gasteiger partial charge in [0.2, 0.25) is 0 Å². The molecule has 1 aromatic heterocycles. The number of hydrogen-bond donors (Lipinski definition) is 1. The Balaban J connectivity index is 1.69. The van der Waals surface area contributed by atoms with Crippen LogP contribution in [0, 0.1) is 12.3 Å². The lowest BCUT2D eigenvalue weighted by atomic mass is 9.92. The first-order chi connectivity index (χ1) is 7.55. The molecule has 2 rings (SSSR count). The highest BCUT2D eigenvalue weighted by Gasteiger charge is 2.30. The number of thiazole rings is 1. The van der Waals surface area contributed by atoms with Gasteiger partial charge in [-0.25, -0.2) is 4.98 Å². The van der Waals surface area contributed by atoms with Crippen LogP contribution in [0.5, 0.6) is 0 Å². The number of hydrogen-bond acceptors (Lipinski definition) is 3. The van der Waals surface area contributed by atoms with Crippen LogP contribution in [0.4, 0.5) is 0 Å². The molecule has 3 heteroatoms. The molecule has 2 nitrogen and oxygen atoms in total. The average Bonchev–Trinajstić information content (AvgIpc) is 2.73. The SMILES string of the molecule is Cc1nc(CCNC2CCC(C)(C)C2)cs1. The molecule has 1 fully saturated rings. The minimum Gasteiger partial charge on any atom is -0.314 e. The summed E-state index contributed by atoms with van der Waals surface area (Å²) in [6, 6.07) is 0.731. The lowest BCUT2D eigenvalue weighted by Gasteiger charge is -2.17. The van der Waals surface area contributed by atoms with Gasteiger partial charge in [0.1, 0.15) is 0 Å². The number of aryl methyl sites for hydroxylation is 1. The first-order valence-corrected chi connectivity index (χ1v) is 7.07. The number of nitrogens with zero attached hydrogens (tertiary/aromatic N) is 1. The first-order valence-electron chi connectivity index (χ1n) is 6.20. The maximum atomic E-state index is 4.48. The topological polar surface area (TPSA) is 24.9 Å². The highest BCUT2D eigenvalue weighted by Crippen LogP contribution is 2.36. The smallest absolute Gasteiger partial charge is 0.0897 e. The van der Waals surface area contributed by atoms with Crippen LogP contribution in [0.15, 0.2) is 5.38 Å². The molecule has 1 N–H and O–H groups in total. The zero-order valence-electron chi connectivity index (χ0n) is 10.5. The van der Waals surface area contributed by atoms with Crippen LogP contribution in [-0.2, 0) is 6.42 Å². The van der Waals surface area contributed by atoms with E-state index in [-0.39, 0.29) is 0 Å². The van der Waals surface area contributed by atoms with Crippen molar-refractivity contribution in [3.05, 3.63) is 16.1 Å². The average molecular weight is 238 g/mol. The molecular formula is C13H22N2S. The molecular weight excluding hydrogens is 216 g/mol. The molecule has 0 bridgehead atoms. The van der Waals surface area contributed by atoms with Gasteiger partial charge in [-0.05, 0) is 31.6 Å². The molecule has 1 saturated carbocycles. The van der Waals surface area contributed by atoms with E-state index in [1.165, 1.54) is 30.0 Å². The predicted molar refractivity (Wildman–Crippen MR) is 70.0 cm³/mol. The molecule has 0 aliphatic heterocycles. The van der Waals surface area contributed by atoms with Gasteiger partial charge in [-0.15, -0.1) is 11.3 Å². The zero-order chi connectivity index (χ0) is 11.6. The maximum absolute atomic E-state index is 4.48. The number of rotatable bonds is 4. The fourth-order valence-electron chi connectivity index (χ4n) is 2.54. The zero-order valence-corrected chi connectivity index (χ0v) is 11.4. The molecule has 0 spiro atoms. The summed E-state index contributed by atoms with van der Waals surface area (Å²) in [7, 11) is 0. The van der Waals surface area contributed by atoms with E-state index in [4.69, 9.17) is 0 Å². The monoisotopic (exact) mass is 238 g/mol. The Kier molecular flexibility index (Phi) is 3.65. The van der Waals surface area contributed by atoms with Gasteiger partial charge in [0, 0.05) is 24.4 Å². The third-order valence-electron chi connectivity index (χ3n) is 3.45. The number of aromatic nitrogens is 1. The van der Waals surface area contributed by atoms with Gasteiger partial charge in [0.25, 0.3) is 0 Å². The Morgan fingerprint density at radius 1 is 1.56 bits per heavy atom. The van der Waals surface area contributed by atoms with Crippen molar-refractivity contribution in [2.75, 3.05) is 6.54 Å². The summed E-state index contributed by atoms with van der Waals surface area (Å²) < 4.78 is 0. The Hall–Kier alpha value is -0.410. The van der Waals surface area contributed by atoms with Crippen molar-refractivity contribution in [3.8, 4) is 0 Å². The summed E-state index contributed by atoms with van der Waals surface area (Å²) in [5.74, 6) is 0. The molecule has 1 unspecified atom stereocenters. The molecule has 1 aliphatic rings. The fourth-order valence-corrected chi connectivity index (χ4v) is 3.18. The molecule has 0 aromatic carbocycles. The summed E-state index contributed by atoms with van der Waals surface area (Å²) in [4.78, 5) is 4.48. The molecule has 0 amide bonds. The van der Waals surface area contributed by atoms with E-state index in [1.807, 2.05) is 0 Å². The van der Waals surface area contributed by atoms with Gasteiger partial charge < -0.3 is 5.32 Å². The van der Waals surface area contributed by atoms with Crippen LogP contribution in [0.3, 0.4) is 0 Å². The molecule has 1 heterocycles. The van der Waals surface area contributed by atoms with E-state index in [0.29, 0.717) is 5.41 Å². The quantitative estimate of drug-likeness (QED) is 0.871. The van der Waals surface area contributed by atoms with Crippen LogP contribution >= 0.6 is 11.3 Å². The minimum absolute atomic E-state index is 0.550. The van der Waals surface area contributed by atoms with Crippen molar-refractivity contribution < 1.29 is 0 Å². The van der Waals surface area contributed by atoms with Crippen LogP contribution in [-0.4, -0.2) is 17.6 Å². The van der Waals surface area contributed by atoms with Crippen LogP contribution in [0.25, 0.3) is 0 Å². The highest BCUT2D eigenvalue weighted by atomic mass is 32.1. The molecule has 0 radical (unpaired) electrons. The highest BCUT2D eigenvalue weighted by molar-refractivity contribution is 7.09. The van der Waals surface area contributed by atoms with Gasteiger partial charge in [-0.3, -0.25) is 0 Å². The molecule has 16 heavy (non-hydrogen) atoms. The fraction of sp³-hybridized carbons (Fsp3) is 0.769. The van der Waals surface area contributed by atoms with Gasteiger partial charge in [-0.1, -0.05) is 13.8 Å². The minimum atomic E-state index is 0.550. The molecule has 1 atom stereocenters. The Morgan fingerprint density at radius 2 is 2.38 bits per heavy atom. The van der Waals surface area contributed by atoms with Gasteiger partial charge in [-0.2, -0.15) is 0 Å². The summed E-state index contributed by atoms with van der Waals surface area (Å²) in [6.45, 7) is 7.89. The van der Waals surface area contributed by atoms with Crippen LogP contribution < -0.4 is 5.32 Å². The Bertz CT molecular complexity index is 343. The van der Waals surface area contributed by atoms with Crippen molar-refractivity contribution in [1.82, 2.24) is 10.3 Å². The summed E-state index contributed by atoms with van der Waals surface area (Å²) in [6.07, 6.45) is 5.09. The first kappa shape index (κ1) is 12.1. The number of nitrogens with one attached hydrogen (secondary N) is 1. The summed E-state index contributed by atoms with van der Waals surface area (Å²) in [5, 5.41) is 7.01. The van der Waals surface area contributed by atoms with E-state index >= 15 is 0 Å². The van der Waals surface area contributed by atoms with Gasteiger partial charge in [0.15, 0.2) is 0 Å². The van der Waals surface area contributed by atoms with Crippen molar-refractivity contribution in [2.24, 2.45) is 5.41 Å². The Morgan fingerprint density at radius 3 is 2.94 bits per heavy atom. The lowest BCUT2D eigenvalue weighted by molar-refractivity contribution is 0.365. The van der Waals surface area contributed by atoms with E-state index in [1.54, 1.807) is 11.3 Å². The van der Waals surface area contributed by atoms with Crippen molar-refractivity contribution >= 4 is 11.3 Å². The summed E-state index contributed by atoms with van der Waals surface area (Å²) in [5.41, 5.74) is 1.79. The van der Waals surface area contributed by atoms with Gasteiger partial charge in [0.05, 0.1) is 10.7 Å². The van der Waals surface area contributed by atoms with Crippen LogP contribution in [0.1, 0.15) is 43.8 Å². The van der Waals surface area contributed by atoms with E-state index in [2.05, 4.69) is 36.5 Å². The van der Waals surface area contributed by atoms with E-state index < -0.39 is 0 Å². The molecule has 1 aromatic rings. The van der Waals surface area contributed by atoms with Crippen molar-refractivity contribution in [1.29, 1.82) is 0 Å². The standard InChI is InChI=1S/C13H22N2S/c1-10-15-12(9-16-10)5-7-14-11-4-6-13(2,3)8-11/h9,11,14H,4-8H2,1-3H3. The van der Waals surface area contributed by atoms with E-state index in [9.17, 15) is 0 Å². The van der Waals surface area contributed by atoms with Crippen molar-refractivity contribution in [2.45, 2.75) is 52.5 Å². The van der Waals surface area contributed by atoms with Crippen molar-refractivity contribution in [3.63, 3.8) is 0 Å². The third kappa shape index (κ3) is 3.29. The van der Waals surface area contributed by atoms with E-state index in [0.717, 1.165) is 19.0 Å². The molecule has 0 saturated heterocycles. The second kappa shape index (κ2) is 4.84. The molecule has 1 aliphatic carbocycles. The lowest BCUT2D eigenvalue weighted by Crippen LogP contribution is -2.29. The second-order valence-electron chi connectivity index (χ2n) is 5.67. The normalized spacial score (nSPS) is 23.8. The van der Waals surface area contributed by atoms with Crippen LogP contribution in [0.2, 0.25) is 0 Å². The Labute approximate surface area is 102 Å². The summed E-state index contributed by atoms with van der Waals surface area (Å²) >= 11 is 1.75. The molecule has 90 valence electrons. The second-order valence-corrected chi connectivity index (χ2v) is 6.73. The van der Waals surface area contributed by atoms with Gasteiger partial charge >= 0.3 is 0 Å². The maximum Gasteiger partial charge on any atom is 0.0897 e. The third-order valence-corrected chi connectivity index (χ3v) is 4.27. The largest absolute Gasteiger partial charge is 0.314 e.